The molecule has 0 bridgehead atoms. The van der Waals surface area contributed by atoms with Gasteiger partial charge in [-0.2, -0.15) is 0 Å². The van der Waals surface area contributed by atoms with Crippen molar-refractivity contribution in [1.82, 2.24) is 15.8 Å². The fraction of sp³-hybridized carbons (Fsp3) is 0.148. The summed E-state index contributed by atoms with van der Waals surface area (Å²) in [5, 5.41) is 0. The van der Waals surface area contributed by atoms with Gasteiger partial charge in [-0.25, -0.2) is 4.98 Å². The lowest BCUT2D eigenvalue weighted by atomic mass is 10.1. The highest BCUT2D eigenvalue weighted by Gasteiger charge is 2.10. The van der Waals surface area contributed by atoms with Crippen molar-refractivity contribution in [2.75, 3.05) is 6.61 Å². The number of nitrogens with zero attached hydrogens (tertiary/aromatic N) is 1. The minimum atomic E-state index is -0.448. The molecule has 7 nitrogen and oxygen atoms in total. The summed E-state index contributed by atoms with van der Waals surface area (Å²) in [6.07, 6.45) is 2.97. The van der Waals surface area contributed by atoms with E-state index in [0.717, 1.165) is 16.7 Å². The fourth-order valence-electron chi connectivity index (χ4n) is 3.39. The van der Waals surface area contributed by atoms with Gasteiger partial charge in [0.15, 0.2) is 18.3 Å². The number of benzene rings is 3. The van der Waals surface area contributed by atoms with Gasteiger partial charge in [0.1, 0.15) is 5.75 Å². The molecule has 3 aromatic carbocycles. The Kier molecular flexibility index (Phi) is 7.69. The first-order valence-corrected chi connectivity index (χ1v) is 11.0. The normalized spacial score (nSPS) is 10.5. The van der Waals surface area contributed by atoms with Gasteiger partial charge in [0.25, 0.3) is 5.91 Å². The van der Waals surface area contributed by atoms with Crippen molar-refractivity contribution in [2.24, 2.45) is 0 Å². The monoisotopic (exact) mass is 455 g/mol. The summed E-state index contributed by atoms with van der Waals surface area (Å²) >= 11 is 0. The van der Waals surface area contributed by atoms with Gasteiger partial charge in [0.05, 0.1) is 6.20 Å². The summed E-state index contributed by atoms with van der Waals surface area (Å²) in [5.41, 5.74) is 7.64. The molecule has 0 unspecified atom stereocenters. The van der Waals surface area contributed by atoms with Crippen LogP contribution in [0.2, 0.25) is 0 Å². The maximum absolute atomic E-state index is 12.1. The van der Waals surface area contributed by atoms with E-state index < -0.39 is 5.91 Å². The smallest absolute Gasteiger partial charge is 0.276 e. The summed E-state index contributed by atoms with van der Waals surface area (Å²) in [6.45, 7) is -0.220. The molecule has 4 aromatic rings. The highest BCUT2D eigenvalue weighted by atomic mass is 16.5. The molecule has 0 aliphatic carbocycles. The van der Waals surface area contributed by atoms with Gasteiger partial charge < -0.3 is 9.15 Å². The number of hydrogen-bond donors (Lipinski definition) is 2. The number of aromatic nitrogens is 1. The Morgan fingerprint density at radius 3 is 2.21 bits per heavy atom. The number of ether oxygens (including phenoxy) is 1. The minimum Gasteiger partial charge on any atom is -0.483 e. The highest BCUT2D eigenvalue weighted by molar-refractivity contribution is 5.83. The SMILES string of the molecule is O=C(CCCc1ncc(-c2ccccc2)o1)NNC(=O)COc1ccccc1-c1ccccc1. The van der Waals surface area contributed by atoms with Gasteiger partial charge in [-0.1, -0.05) is 78.9 Å². The van der Waals surface area contributed by atoms with E-state index in [4.69, 9.17) is 9.15 Å². The number of hydrogen-bond acceptors (Lipinski definition) is 5. The van der Waals surface area contributed by atoms with Crippen molar-refractivity contribution in [3.63, 3.8) is 0 Å². The third-order valence-electron chi connectivity index (χ3n) is 5.08. The Labute approximate surface area is 197 Å². The molecule has 0 saturated heterocycles. The molecule has 0 radical (unpaired) electrons. The molecule has 0 atom stereocenters. The largest absolute Gasteiger partial charge is 0.483 e. The van der Waals surface area contributed by atoms with Crippen LogP contribution in [0.1, 0.15) is 18.7 Å². The van der Waals surface area contributed by atoms with E-state index in [0.29, 0.717) is 30.2 Å². The number of carbonyl (C=O) groups excluding carboxylic acids is 2. The van der Waals surface area contributed by atoms with Crippen LogP contribution >= 0.6 is 0 Å². The molecule has 172 valence electrons. The first kappa shape index (κ1) is 22.8. The van der Waals surface area contributed by atoms with Gasteiger partial charge in [0.2, 0.25) is 5.91 Å². The van der Waals surface area contributed by atoms with Crippen LogP contribution in [0.15, 0.2) is 95.5 Å². The molecule has 0 saturated carbocycles. The number of oxazole rings is 1. The van der Waals surface area contributed by atoms with Crippen LogP contribution in [0.25, 0.3) is 22.5 Å². The van der Waals surface area contributed by atoms with Gasteiger partial charge in [-0.15, -0.1) is 0 Å². The predicted molar refractivity (Wildman–Crippen MR) is 129 cm³/mol. The van der Waals surface area contributed by atoms with E-state index in [1.807, 2.05) is 78.9 Å². The van der Waals surface area contributed by atoms with Crippen LogP contribution in [0, 0.1) is 0 Å². The first-order chi connectivity index (χ1) is 16.7. The van der Waals surface area contributed by atoms with Crippen molar-refractivity contribution in [3.8, 4) is 28.2 Å². The van der Waals surface area contributed by atoms with Crippen LogP contribution < -0.4 is 15.6 Å². The third-order valence-corrected chi connectivity index (χ3v) is 5.08. The van der Waals surface area contributed by atoms with Gasteiger partial charge in [-0.05, 0) is 18.1 Å². The van der Waals surface area contributed by atoms with Crippen molar-refractivity contribution in [2.45, 2.75) is 19.3 Å². The molecular weight excluding hydrogens is 430 g/mol. The van der Waals surface area contributed by atoms with Gasteiger partial charge in [-0.3, -0.25) is 20.4 Å². The summed E-state index contributed by atoms with van der Waals surface area (Å²) in [4.78, 5) is 28.4. The number of carbonyl (C=O) groups is 2. The lowest BCUT2D eigenvalue weighted by Crippen LogP contribution is -2.43. The van der Waals surface area contributed by atoms with Crippen molar-refractivity contribution in [1.29, 1.82) is 0 Å². The van der Waals surface area contributed by atoms with Crippen LogP contribution in [-0.4, -0.2) is 23.4 Å². The molecule has 0 fully saturated rings. The Morgan fingerprint density at radius 1 is 0.794 bits per heavy atom. The second kappa shape index (κ2) is 11.5. The maximum Gasteiger partial charge on any atom is 0.276 e. The summed E-state index contributed by atoms with van der Waals surface area (Å²) < 4.78 is 11.4. The molecule has 1 heterocycles. The van der Waals surface area contributed by atoms with Crippen LogP contribution in [-0.2, 0) is 16.0 Å². The Morgan fingerprint density at radius 2 is 1.44 bits per heavy atom. The fourth-order valence-corrected chi connectivity index (χ4v) is 3.39. The van der Waals surface area contributed by atoms with E-state index in [1.54, 1.807) is 12.3 Å². The number of hydrazine groups is 1. The van der Waals surface area contributed by atoms with Crippen LogP contribution in [0.3, 0.4) is 0 Å². The van der Waals surface area contributed by atoms with Crippen molar-refractivity contribution < 1.29 is 18.7 Å². The number of para-hydroxylation sites is 1. The number of aryl methyl sites for hydroxylation is 1. The Balaban J connectivity index is 1.18. The standard InChI is InChI=1S/C27H25N3O4/c31-25(16-9-17-27-28-18-24(34-27)21-12-5-2-6-13-21)29-30-26(32)19-33-23-15-8-7-14-22(23)20-10-3-1-4-11-20/h1-8,10-15,18H,9,16-17,19H2,(H,29,31)(H,30,32). The second-order valence-electron chi connectivity index (χ2n) is 7.59. The third kappa shape index (κ3) is 6.32. The average Bonchev–Trinajstić information content (AvgIpc) is 3.36. The molecule has 0 spiro atoms. The van der Waals surface area contributed by atoms with Gasteiger partial charge >= 0.3 is 0 Å². The molecule has 1 aromatic heterocycles. The number of nitrogens with one attached hydrogen (secondary N) is 2. The van der Waals surface area contributed by atoms with Crippen LogP contribution in [0.4, 0.5) is 0 Å². The summed E-state index contributed by atoms with van der Waals surface area (Å²) in [7, 11) is 0. The van der Waals surface area contributed by atoms with Crippen LogP contribution in [0.5, 0.6) is 5.75 Å². The van der Waals surface area contributed by atoms with Gasteiger partial charge in [0, 0.05) is 24.0 Å². The zero-order valence-corrected chi connectivity index (χ0v) is 18.6. The maximum atomic E-state index is 12.1. The van der Waals surface area contributed by atoms with E-state index >= 15 is 0 Å². The molecular formula is C27H25N3O4. The summed E-state index contributed by atoms with van der Waals surface area (Å²) in [5.74, 6) is 1.11. The number of rotatable bonds is 9. The molecule has 0 aliphatic rings. The quantitative estimate of drug-likeness (QED) is 0.361. The zero-order chi connectivity index (χ0) is 23.6. The topological polar surface area (TPSA) is 93.5 Å². The zero-order valence-electron chi connectivity index (χ0n) is 18.6. The Hall–Kier alpha value is -4.39. The lowest BCUT2D eigenvalue weighted by molar-refractivity contribution is -0.130. The minimum absolute atomic E-state index is 0.220. The molecule has 0 aliphatic heterocycles. The average molecular weight is 456 g/mol. The summed E-state index contributed by atoms with van der Waals surface area (Å²) in [6, 6.07) is 27.0. The van der Waals surface area contributed by atoms with E-state index in [1.165, 1.54) is 0 Å². The first-order valence-electron chi connectivity index (χ1n) is 11.0. The highest BCUT2D eigenvalue weighted by Crippen LogP contribution is 2.29. The molecule has 2 amide bonds. The Bertz CT molecular complexity index is 1220. The molecule has 4 rings (SSSR count). The molecule has 34 heavy (non-hydrogen) atoms. The lowest BCUT2D eigenvalue weighted by Gasteiger charge is -2.12. The van der Waals surface area contributed by atoms with E-state index in [2.05, 4.69) is 15.8 Å². The van der Waals surface area contributed by atoms with E-state index in [9.17, 15) is 9.59 Å². The molecule has 2 N–H and O–H groups in total. The predicted octanol–water partition coefficient (Wildman–Crippen LogP) is 4.56. The van der Waals surface area contributed by atoms with Crippen molar-refractivity contribution in [3.05, 3.63) is 97.0 Å². The second-order valence-corrected chi connectivity index (χ2v) is 7.59. The number of amides is 2. The van der Waals surface area contributed by atoms with Crippen molar-refractivity contribution >= 4 is 11.8 Å². The van der Waals surface area contributed by atoms with E-state index in [-0.39, 0.29) is 18.9 Å². The molecule has 7 heteroatoms.